The third-order valence-electron chi connectivity index (χ3n) is 3.43. The maximum Gasteiger partial charge on any atom is 0.161 e. The van der Waals surface area contributed by atoms with Crippen LogP contribution < -0.4 is 14.8 Å². The Labute approximate surface area is 130 Å². The van der Waals surface area contributed by atoms with Crippen LogP contribution in [-0.2, 0) is 6.54 Å². The molecule has 1 N–H and O–H groups in total. The van der Waals surface area contributed by atoms with E-state index >= 15 is 0 Å². The van der Waals surface area contributed by atoms with Gasteiger partial charge < -0.3 is 14.8 Å². The molecule has 0 aromatic heterocycles. The van der Waals surface area contributed by atoms with Crippen LogP contribution in [0.25, 0.3) is 0 Å². The van der Waals surface area contributed by atoms with Crippen molar-refractivity contribution in [2.75, 3.05) is 14.2 Å². The summed E-state index contributed by atoms with van der Waals surface area (Å²) in [6.07, 6.45) is 0. The van der Waals surface area contributed by atoms with E-state index in [1.807, 2.05) is 42.5 Å². The van der Waals surface area contributed by atoms with Crippen molar-refractivity contribution in [3.63, 3.8) is 0 Å². The molecule has 0 radical (unpaired) electrons. The average Bonchev–Trinajstić information content (AvgIpc) is 2.52. The summed E-state index contributed by atoms with van der Waals surface area (Å²) in [7, 11) is 3.27. The largest absolute Gasteiger partial charge is 0.493 e. The fourth-order valence-electron chi connectivity index (χ4n) is 2.20. The minimum atomic E-state index is 0.173. The summed E-state index contributed by atoms with van der Waals surface area (Å²) in [6.45, 7) is 2.83. The first kappa shape index (κ1) is 15.7. The fraction of sp³-hybridized carbons (Fsp3) is 0.294. The van der Waals surface area contributed by atoms with Crippen LogP contribution in [-0.4, -0.2) is 14.2 Å². The van der Waals surface area contributed by atoms with Gasteiger partial charge in [-0.2, -0.15) is 0 Å². The van der Waals surface area contributed by atoms with Gasteiger partial charge in [0, 0.05) is 17.6 Å². The molecule has 0 spiro atoms. The van der Waals surface area contributed by atoms with Crippen molar-refractivity contribution in [1.82, 2.24) is 5.32 Å². The SMILES string of the molecule is COc1ccc(CNC(C)c2ccccc2Cl)cc1OC. The van der Waals surface area contributed by atoms with E-state index in [-0.39, 0.29) is 6.04 Å². The number of benzene rings is 2. The van der Waals surface area contributed by atoms with Crippen LogP contribution in [0.15, 0.2) is 42.5 Å². The van der Waals surface area contributed by atoms with Crippen LogP contribution in [0.4, 0.5) is 0 Å². The van der Waals surface area contributed by atoms with E-state index in [0.717, 1.165) is 34.2 Å². The molecule has 0 fully saturated rings. The molecular weight excluding hydrogens is 286 g/mol. The van der Waals surface area contributed by atoms with Crippen molar-refractivity contribution in [1.29, 1.82) is 0 Å². The third-order valence-corrected chi connectivity index (χ3v) is 3.78. The third kappa shape index (κ3) is 3.90. The van der Waals surface area contributed by atoms with Crippen LogP contribution in [0, 0.1) is 0 Å². The number of ether oxygens (including phenoxy) is 2. The molecule has 1 unspecified atom stereocenters. The molecular formula is C17H20ClNO2. The molecule has 4 heteroatoms. The zero-order chi connectivity index (χ0) is 15.2. The minimum Gasteiger partial charge on any atom is -0.493 e. The average molecular weight is 306 g/mol. The normalized spacial score (nSPS) is 12.0. The van der Waals surface area contributed by atoms with Crippen molar-refractivity contribution in [3.05, 3.63) is 58.6 Å². The van der Waals surface area contributed by atoms with Gasteiger partial charge in [0.1, 0.15) is 0 Å². The van der Waals surface area contributed by atoms with E-state index in [2.05, 4.69) is 12.2 Å². The maximum absolute atomic E-state index is 6.21. The van der Waals surface area contributed by atoms with Gasteiger partial charge in [-0.05, 0) is 36.2 Å². The van der Waals surface area contributed by atoms with Gasteiger partial charge in [-0.3, -0.25) is 0 Å². The van der Waals surface area contributed by atoms with Gasteiger partial charge in [-0.15, -0.1) is 0 Å². The standard InChI is InChI=1S/C17H20ClNO2/c1-12(14-6-4-5-7-15(14)18)19-11-13-8-9-16(20-2)17(10-13)21-3/h4-10,12,19H,11H2,1-3H3. The first-order valence-corrected chi connectivity index (χ1v) is 7.22. The van der Waals surface area contributed by atoms with Gasteiger partial charge in [-0.25, -0.2) is 0 Å². The highest BCUT2D eigenvalue weighted by atomic mass is 35.5. The zero-order valence-electron chi connectivity index (χ0n) is 12.5. The van der Waals surface area contributed by atoms with E-state index in [1.54, 1.807) is 14.2 Å². The second-order valence-corrected chi connectivity index (χ2v) is 5.22. The van der Waals surface area contributed by atoms with Crippen LogP contribution >= 0.6 is 11.6 Å². The first-order chi connectivity index (χ1) is 10.2. The predicted molar refractivity (Wildman–Crippen MR) is 86.3 cm³/mol. The van der Waals surface area contributed by atoms with Crippen LogP contribution in [0.3, 0.4) is 0 Å². The summed E-state index contributed by atoms with van der Waals surface area (Å²) in [5, 5.41) is 4.25. The molecule has 0 aliphatic rings. The van der Waals surface area contributed by atoms with Crippen molar-refractivity contribution in [2.24, 2.45) is 0 Å². The Morgan fingerprint density at radius 1 is 1.05 bits per heavy atom. The lowest BCUT2D eigenvalue weighted by atomic mass is 10.1. The number of nitrogens with one attached hydrogen (secondary N) is 1. The lowest BCUT2D eigenvalue weighted by Gasteiger charge is -2.16. The lowest BCUT2D eigenvalue weighted by molar-refractivity contribution is 0.354. The second-order valence-electron chi connectivity index (χ2n) is 4.81. The molecule has 0 aliphatic carbocycles. The molecule has 3 nitrogen and oxygen atoms in total. The lowest BCUT2D eigenvalue weighted by Crippen LogP contribution is -2.18. The van der Waals surface area contributed by atoms with Gasteiger partial charge in [0.15, 0.2) is 11.5 Å². The van der Waals surface area contributed by atoms with Gasteiger partial charge in [0.2, 0.25) is 0 Å². The van der Waals surface area contributed by atoms with Gasteiger partial charge in [-0.1, -0.05) is 35.9 Å². The Kier molecular flexibility index (Phi) is 5.48. The molecule has 0 bridgehead atoms. The van der Waals surface area contributed by atoms with E-state index in [9.17, 15) is 0 Å². The van der Waals surface area contributed by atoms with Crippen molar-refractivity contribution < 1.29 is 9.47 Å². The smallest absolute Gasteiger partial charge is 0.161 e. The highest BCUT2D eigenvalue weighted by Crippen LogP contribution is 2.28. The van der Waals surface area contributed by atoms with Gasteiger partial charge >= 0.3 is 0 Å². The topological polar surface area (TPSA) is 30.5 Å². The number of methoxy groups -OCH3 is 2. The second kappa shape index (κ2) is 7.34. The highest BCUT2D eigenvalue weighted by Gasteiger charge is 2.09. The Bertz CT molecular complexity index is 601. The Hall–Kier alpha value is -1.71. The molecule has 2 aromatic carbocycles. The number of hydrogen-bond acceptors (Lipinski definition) is 3. The maximum atomic E-state index is 6.21. The van der Waals surface area contributed by atoms with Gasteiger partial charge in [0.25, 0.3) is 0 Å². The molecule has 1 atom stereocenters. The molecule has 0 heterocycles. The number of hydrogen-bond donors (Lipinski definition) is 1. The molecule has 0 aliphatic heterocycles. The van der Waals surface area contributed by atoms with Crippen LogP contribution in [0.5, 0.6) is 11.5 Å². The predicted octanol–water partition coefficient (Wildman–Crippen LogP) is 4.21. The molecule has 0 saturated heterocycles. The first-order valence-electron chi connectivity index (χ1n) is 6.84. The quantitative estimate of drug-likeness (QED) is 0.867. The molecule has 112 valence electrons. The summed E-state index contributed by atoms with van der Waals surface area (Å²) in [4.78, 5) is 0. The van der Waals surface area contributed by atoms with E-state index < -0.39 is 0 Å². The summed E-state index contributed by atoms with van der Waals surface area (Å²) in [6, 6.07) is 14.0. The molecule has 0 amide bonds. The number of halogens is 1. The van der Waals surface area contributed by atoms with Crippen molar-refractivity contribution in [2.45, 2.75) is 19.5 Å². The highest BCUT2D eigenvalue weighted by molar-refractivity contribution is 6.31. The molecule has 21 heavy (non-hydrogen) atoms. The summed E-state index contributed by atoms with van der Waals surface area (Å²) < 4.78 is 10.6. The molecule has 2 aromatic rings. The summed E-state index contributed by atoms with van der Waals surface area (Å²) in [5.41, 5.74) is 2.23. The van der Waals surface area contributed by atoms with E-state index in [1.165, 1.54) is 0 Å². The Morgan fingerprint density at radius 3 is 2.43 bits per heavy atom. The van der Waals surface area contributed by atoms with Crippen molar-refractivity contribution >= 4 is 11.6 Å². The molecule has 0 saturated carbocycles. The Morgan fingerprint density at radius 2 is 1.76 bits per heavy atom. The summed E-state index contributed by atoms with van der Waals surface area (Å²) >= 11 is 6.21. The summed E-state index contributed by atoms with van der Waals surface area (Å²) in [5.74, 6) is 1.47. The van der Waals surface area contributed by atoms with Crippen molar-refractivity contribution in [3.8, 4) is 11.5 Å². The van der Waals surface area contributed by atoms with Crippen LogP contribution in [0.2, 0.25) is 5.02 Å². The van der Waals surface area contributed by atoms with Crippen LogP contribution in [0.1, 0.15) is 24.1 Å². The van der Waals surface area contributed by atoms with E-state index in [0.29, 0.717) is 0 Å². The number of rotatable bonds is 6. The Balaban J connectivity index is 2.04. The minimum absolute atomic E-state index is 0.173. The fourth-order valence-corrected chi connectivity index (χ4v) is 2.50. The molecule has 2 rings (SSSR count). The monoisotopic (exact) mass is 305 g/mol. The zero-order valence-corrected chi connectivity index (χ0v) is 13.3. The van der Waals surface area contributed by atoms with Gasteiger partial charge in [0.05, 0.1) is 14.2 Å². The van der Waals surface area contributed by atoms with E-state index in [4.69, 9.17) is 21.1 Å².